The molecule has 0 spiro atoms. The molecule has 6 heteroatoms. The van der Waals surface area contributed by atoms with Crippen LogP contribution in [0.4, 0.5) is 0 Å². The predicted octanol–water partition coefficient (Wildman–Crippen LogP) is 0.780. The van der Waals surface area contributed by atoms with Crippen molar-refractivity contribution in [2.24, 2.45) is 11.1 Å². The monoisotopic (exact) mass is 274 g/mol. The van der Waals surface area contributed by atoms with Crippen molar-refractivity contribution >= 4 is 23.6 Å². The van der Waals surface area contributed by atoms with Crippen molar-refractivity contribution < 1.29 is 14.7 Å². The number of nitrogens with zero attached hydrogens (tertiary/aromatic N) is 1. The lowest BCUT2D eigenvalue weighted by Crippen LogP contribution is -2.53. The molecule has 5 nitrogen and oxygen atoms in total. The first-order chi connectivity index (χ1) is 8.40. The fraction of sp³-hybridized carbons (Fsp3) is 0.833. The van der Waals surface area contributed by atoms with Crippen LogP contribution in [-0.2, 0) is 9.59 Å². The molecule has 0 aromatic rings. The maximum Gasteiger partial charge on any atom is 0.311 e. The Bertz CT molecular complexity index is 324. The SMILES string of the molecule is CSCC[C@@H](N)C(=O)N1CCCC(C)(C(=O)O)C1. The molecule has 0 aliphatic carbocycles. The highest BCUT2D eigenvalue weighted by Crippen LogP contribution is 2.30. The summed E-state index contributed by atoms with van der Waals surface area (Å²) >= 11 is 1.65. The molecule has 0 aromatic heterocycles. The first-order valence-electron chi connectivity index (χ1n) is 6.17. The second kappa shape index (κ2) is 6.43. The third-order valence-electron chi connectivity index (χ3n) is 3.47. The lowest BCUT2D eigenvalue weighted by atomic mass is 9.82. The van der Waals surface area contributed by atoms with E-state index in [9.17, 15) is 14.7 Å². The number of likely N-dealkylation sites (tertiary alicyclic amines) is 1. The topological polar surface area (TPSA) is 83.6 Å². The number of carboxylic acid groups (broad SMARTS) is 1. The van der Waals surface area contributed by atoms with Crippen LogP contribution in [0.3, 0.4) is 0 Å². The molecule has 1 aliphatic rings. The summed E-state index contributed by atoms with van der Waals surface area (Å²) < 4.78 is 0. The molecular formula is C12H22N2O3S. The van der Waals surface area contributed by atoms with Crippen LogP contribution in [0.5, 0.6) is 0 Å². The molecule has 1 aliphatic heterocycles. The highest BCUT2D eigenvalue weighted by Gasteiger charge is 2.40. The van der Waals surface area contributed by atoms with Crippen LogP contribution >= 0.6 is 11.8 Å². The van der Waals surface area contributed by atoms with Crippen molar-refractivity contribution in [3.05, 3.63) is 0 Å². The van der Waals surface area contributed by atoms with Gasteiger partial charge in [0.25, 0.3) is 0 Å². The molecular weight excluding hydrogens is 252 g/mol. The Balaban J connectivity index is 2.61. The summed E-state index contributed by atoms with van der Waals surface area (Å²) in [4.78, 5) is 24.9. The molecule has 1 amide bonds. The van der Waals surface area contributed by atoms with E-state index in [0.717, 1.165) is 12.2 Å². The summed E-state index contributed by atoms with van der Waals surface area (Å²) in [6, 6.07) is -0.506. The Kier molecular flexibility index (Phi) is 5.47. The van der Waals surface area contributed by atoms with Crippen LogP contribution < -0.4 is 5.73 Å². The van der Waals surface area contributed by atoms with Crippen molar-refractivity contribution in [1.29, 1.82) is 0 Å². The van der Waals surface area contributed by atoms with Crippen molar-refractivity contribution in [2.45, 2.75) is 32.2 Å². The Hall–Kier alpha value is -0.750. The standard InChI is InChI=1S/C12H22N2O3S/c1-12(11(16)17)5-3-6-14(8-12)10(15)9(13)4-7-18-2/h9H,3-8,13H2,1-2H3,(H,16,17)/t9-,12?/m1/s1. The molecule has 1 heterocycles. The summed E-state index contributed by atoms with van der Waals surface area (Å²) in [6.45, 7) is 2.59. The first-order valence-corrected chi connectivity index (χ1v) is 7.57. The van der Waals surface area contributed by atoms with E-state index in [2.05, 4.69) is 0 Å². The minimum Gasteiger partial charge on any atom is -0.481 e. The lowest BCUT2D eigenvalue weighted by Gasteiger charge is -2.38. The van der Waals surface area contributed by atoms with Crippen LogP contribution in [-0.4, -0.2) is 53.0 Å². The minimum absolute atomic E-state index is 0.115. The summed E-state index contributed by atoms with van der Waals surface area (Å²) in [5.74, 6) is -0.106. The van der Waals surface area contributed by atoms with Crippen LogP contribution in [0.25, 0.3) is 0 Å². The third kappa shape index (κ3) is 3.62. The summed E-state index contributed by atoms with van der Waals surface area (Å²) in [7, 11) is 0. The van der Waals surface area contributed by atoms with Crippen LogP contribution in [0.2, 0.25) is 0 Å². The van der Waals surface area contributed by atoms with Gasteiger partial charge in [-0.05, 0) is 38.2 Å². The van der Waals surface area contributed by atoms with Crippen LogP contribution in [0, 0.1) is 5.41 Å². The maximum atomic E-state index is 12.1. The number of thioether (sulfide) groups is 1. The molecule has 0 radical (unpaired) electrons. The van der Waals surface area contributed by atoms with E-state index in [1.54, 1.807) is 23.6 Å². The molecule has 1 unspecified atom stereocenters. The zero-order valence-electron chi connectivity index (χ0n) is 11.0. The second-order valence-electron chi connectivity index (χ2n) is 5.12. The molecule has 1 rings (SSSR count). The van der Waals surface area contributed by atoms with E-state index >= 15 is 0 Å². The van der Waals surface area contributed by atoms with E-state index in [1.165, 1.54) is 0 Å². The minimum atomic E-state index is -0.835. The van der Waals surface area contributed by atoms with Crippen molar-refractivity contribution in [3.8, 4) is 0 Å². The smallest absolute Gasteiger partial charge is 0.311 e. The molecule has 0 saturated carbocycles. The van der Waals surface area contributed by atoms with Gasteiger partial charge in [0.15, 0.2) is 0 Å². The van der Waals surface area contributed by atoms with Gasteiger partial charge in [-0.3, -0.25) is 9.59 Å². The molecule has 104 valence electrons. The van der Waals surface area contributed by atoms with Gasteiger partial charge in [0.05, 0.1) is 11.5 Å². The number of amides is 1. The maximum absolute atomic E-state index is 12.1. The van der Waals surface area contributed by atoms with Crippen molar-refractivity contribution in [1.82, 2.24) is 4.90 Å². The normalized spacial score (nSPS) is 25.8. The Morgan fingerprint density at radius 3 is 2.78 bits per heavy atom. The predicted molar refractivity (Wildman–Crippen MR) is 72.5 cm³/mol. The Labute approximate surface area is 112 Å². The number of aliphatic carboxylic acids is 1. The van der Waals surface area contributed by atoms with Gasteiger partial charge in [-0.25, -0.2) is 0 Å². The summed E-state index contributed by atoms with van der Waals surface area (Å²) in [6.07, 6.45) is 3.95. The van der Waals surface area contributed by atoms with Gasteiger partial charge in [0, 0.05) is 13.1 Å². The fourth-order valence-corrected chi connectivity index (χ4v) is 2.69. The van der Waals surface area contributed by atoms with Gasteiger partial charge in [0.2, 0.25) is 5.91 Å². The first kappa shape index (κ1) is 15.3. The Morgan fingerprint density at radius 1 is 1.56 bits per heavy atom. The quantitative estimate of drug-likeness (QED) is 0.774. The molecule has 1 fully saturated rings. The molecule has 18 heavy (non-hydrogen) atoms. The number of hydrogen-bond donors (Lipinski definition) is 2. The van der Waals surface area contributed by atoms with Crippen LogP contribution in [0.15, 0.2) is 0 Å². The van der Waals surface area contributed by atoms with Gasteiger partial charge in [-0.1, -0.05) is 0 Å². The van der Waals surface area contributed by atoms with Crippen molar-refractivity contribution in [3.63, 3.8) is 0 Å². The van der Waals surface area contributed by atoms with Crippen LogP contribution in [0.1, 0.15) is 26.2 Å². The molecule has 0 aromatic carbocycles. The zero-order chi connectivity index (χ0) is 13.8. The third-order valence-corrected chi connectivity index (χ3v) is 4.12. The number of rotatable bonds is 5. The van der Waals surface area contributed by atoms with Crippen molar-refractivity contribution in [2.75, 3.05) is 25.1 Å². The van der Waals surface area contributed by atoms with E-state index < -0.39 is 17.4 Å². The molecule has 0 bridgehead atoms. The number of nitrogens with two attached hydrogens (primary N) is 1. The number of carbonyl (C=O) groups excluding carboxylic acids is 1. The molecule has 3 N–H and O–H groups in total. The van der Waals surface area contributed by atoms with E-state index in [4.69, 9.17) is 5.73 Å². The second-order valence-corrected chi connectivity index (χ2v) is 6.10. The number of hydrogen-bond acceptors (Lipinski definition) is 4. The lowest BCUT2D eigenvalue weighted by molar-refractivity contribution is -0.153. The zero-order valence-corrected chi connectivity index (χ0v) is 11.8. The summed E-state index contributed by atoms with van der Waals surface area (Å²) in [5, 5.41) is 9.20. The number of carboxylic acids is 1. The van der Waals surface area contributed by atoms with E-state index in [-0.39, 0.29) is 12.5 Å². The molecule has 1 saturated heterocycles. The van der Waals surface area contributed by atoms with E-state index in [0.29, 0.717) is 19.4 Å². The highest BCUT2D eigenvalue weighted by molar-refractivity contribution is 7.98. The highest BCUT2D eigenvalue weighted by atomic mass is 32.2. The van der Waals surface area contributed by atoms with Gasteiger partial charge in [0.1, 0.15) is 0 Å². The molecule has 2 atom stereocenters. The largest absolute Gasteiger partial charge is 0.481 e. The Morgan fingerprint density at radius 2 is 2.22 bits per heavy atom. The van der Waals surface area contributed by atoms with Gasteiger partial charge in [-0.2, -0.15) is 11.8 Å². The average Bonchev–Trinajstić information content (AvgIpc) is 2.34. The van der Waals surface area contributed by atoms with E-state index in [1.807, 2.05) is 6.26 Å². The van der Waals surface area contributed by atoms with Gasteiger partial charge >= 0.3 is 5.97 Å². The van der Waals surface area contributed by atoms with Gasteiger partial charge < -0.3 is 15.7 Å². The average molecular weight is 274 g/mol. The van der Waals surface area contributed by atoms with Gasteiger partial charge in [-0.15, -0.1) is 0 Å². The number of carbonyl (C=O) groups is 2. The fourth-order valence-electron chi connectivity index (χ4n) is 2.20. The number of piperidine rings is 1. The summed E-state index contributed by atoms with van der Waals surface area (Å²) in [5.41, 5.74) is 5.02.